The molecular formula is C14H20N2S. The van der Waals surface area contributed by atoms with Crippen LogP contribution >= 0.6 is 11.3 Å². The predicted molar refractivity (Wildman–Crippen MR) is 74.3 cm³/mol. The Bertz CT molecular complexity index is 431. The molecule has 92 valence electrons. The number of thiophene rings is 1. The molecule has 0 aliphatic carbocycles. The van der Waals surface area contributed by atoms with E-state index in [9.17, 15) is 0 Å². The van der Waals surface area contributed by atoms with Gasteiger partial charge in [0.05, 0.1) is 0 Å². The van der Waals surface area contributed by atoms with Gasteiger partial charge in [0.25, 0.3) is 0 Å². The normalized spacial score (nSPS) is 12.8. The maximum atomic E-state index is 6.10. The van der Waals surface area contributed by atoms with Gasteiger partial charge in [0, 0.05) is 29.9 Å². The molecule has 0 saturated heterocycles. The molecule has 2 aromatic rings. The Morgan fingerprint density at radius 1 is 1.41 bits per heavy atom. The van der Waals surface area contributed by atoms with Crippen LogP contribution in [0.2, 0.25) is 0 Å². The van der Waals surface area contributed by atoms with Gasteiger partial charge in [0.15, 0.2) is 0 Å². The lowest BCUT2D eigenvalue weighted by Gasteiger charge is -2.07. The van der Waals surface area contributed by atoms with Gasteiger partial charge in [-0.15, -0.1) is 11.3 Å². The van der Waals surface area contributed by atoms with E-state index < -0.39 is 0 Å². The van der Waals surface area contributed by atoms with Crippen LogP contribution in [0.4, 0.5) is 0 Å². The van der Waals surface area contributed by atoms with E-state index in [4.69, 9.17) is 5.73 Å². The lowest BCUT2D eigenvalue weighted by atomic mass is 10.1. The number of nitrogens with two attached hydrogens (primary N) is 1. The summed E-state index contributed by atoms with van der Waals surface area (Å²) in [6.07, 6.45) is 7.64. The summed E-state index contributed by atoms with van der Waals surface area (Å²) in [4.78, 5) is 1.44. The number of hydrogen-bond donors (Lipinski definition) is 1. The standard InChI is InChI=1S/C14H20N2S/c1-2-4-14(15)12-6-8-16(11-12)9-7-13-5-3-10-17-13/h3,5-6,8,10-11,14H,2,4,7,9,15H2,1H3. The summed E-state index contributed by atoms with van der Waals surface area (Å²) in [5.41, 5.74) is 7.36. The lowest BCUT2D eigenvalue weighted by Crippen LogP contribution is -2.08. The third-order valence-electron chi connectivity index (χ3n) is 3.00. The Balaban J connectivity index is 1.89. The molecule has 3 heteroatoms. The van der Waals surface area contributed by atoms with Crippen LogP contribution in [0.15, 0.2) is 36.0 Å². The Morgan fingerprint density at radius 3 is 3.00 bits per heavy atom. The Labute approximate surface area is 107 Å². The van der Waals surface area contributed by atoms with Crippen molar-refractivity contribution in [2.24, 2.45) is 5.73 Å². The number of rotatable bonds is 6. The molecule has 1 atom stereocenters. The molecular weight excluding hydrogens is 228 g/mol. The van der Waals surface area contributed by atoms with E-state index in [-0.39, 0.29) is 6.04 Å². The smallest absolute Gasteiger partial charge is 0.0309 e. The Kier molecular flexibility index (Phi) is 4.40. The van der Waals surface area contributed by atoms with Crippen molar-refractivity contribution in [2.75, 3.05) is 0 Å². The first-order valence-corrected chi connectivity index (χ1v) is 7.11. The quantitative estimate of drug-likeness (QED) is 0.832. The first kappa shape index (κ1) is 12.4. The first-order valence-electron chi connectivity index (χ1n) is 6.23. The minimum atomic E-state index is 0.197. The highest BCUT2D eigenvalue weighted by Crippen LogP contribution is 2.16. The van der Waals surface area contributed by atoms with Crippen LogP contribution in [0.1, 0.15) is 36.2 Å². The second-order valence-corrected chi connectivity index (χ2v) is 5.44. The number of aryl methyl sites for hydroxylation is 2. The van der Waals surface area contributed by atoms with E-state index in [0.29, 0.717) is 0 Å². The lowest BCUT2D eigenvalue weighted by molar-refractivity contribution is 0.632. The van der Waals surface area contributed by atoms with Crippen molar-refractivity contribution >= 4 is 11.3 Å². The predicted octanol–water partition coefficient (Wildman–Crippen LogP) is 3.59. The topological polar surface area (TPSA) is 30.9 Å². The van der Waals surface area contributed by atoms with Crippen LogP contribution < -0.4 is 5.73 Å². The number of hydrogen-bond acceptors (Lipinski definition) is 2. The molecule has 0 bridgehead atoms. The highest BCUT2D eigenvalue weighted by molar-refractivity contribution is 7.09. The van der Waals surface area contributed by atoms with Gasteiger partial charge in [-0.1, -0.05) is 19.4 Å². The Morgan fingerprint density at radius 2 is 2.29 bits per heavy atom. The molecule has 0 aliphatic heterocycles. The fourth-order valence-corrected chi connectivity index (χ4v) is 2.69. The van der Waals surface area contributed by atoms with Gasteiger partial charge in [-0.3, -0.25) is 0 Å². The third-order valence-corrected chi connectivity index (χ3v) is 3.93. The summed E-state index contributed by atoms with van der Waals surface area (Å²) in [5.74, 6) is 0. The zero-order chi connectivity index (χ0) is 12.1. The minimum absolute atomic E-state index is 0.197. The average molecular weight is 248 g/mol. The summed E-state index contributed by atoms with van der Waals surface area (Å²) < 4.78 is 2.24. The van der Waals surface area contributed by atoms with Crippen molar-refractivity contribution < 1.29 is 0 Å². The molecule has 0 amide bonds. The van der Waals surface area contributed by atoms with Gasteiger partial charge in [-0.25, -0.2) is 0 Å². The second-order valence-electron chi connectivity index (χ2n) is 4.41. The maximum Gasteiger partial charge on any atom is 0.0309 e. The highest BCUT2D eigenvalue weighted by atomic mass is 32.1. The van der Waals surface area contributed by atoms with Crippen molar-refractivity contribution in [3.63, 3.8) is 0 Å². The number of nitrogens with zero attached hydrogens (tertiary/aromatic N) is 1. The zero-order valence-electron chi connectivity index (χ0n) is 10.3. The summed E-state index contributed by atoms with van der Waals surface area (Å²) in [6, 6.07) is 6.65. The molecule has 0 aliphatic rings. The Hall–Kier alpha value is -1.06. The monoisotopic (exact) mass is 248 g/mol. The van der Waals surface area contributed by atoms with Crippen molar-refractivity contribution in [2.45, 2.75) is 38.8 Å². The van der Waals surface area contributed by atoms with E-state index >= 15 is 0 Å². The van der Waals surface area contributed by atoms with Crippen molar-refractivity contribution in [3.05, 3.63) is 46.4 Å². The zero-order valence-corrected chi connectivity index (χ0v) is 11.1. The van der Waals surface area contributed by atoms with Gasteiger partial charge >= 0.3 is 0 Å². The molecule has 2 N–H and O–H groups in total. The molecule has 2 nitrogen and oxygen atoms in total. The highest BCUT2D eigenvalue weighted by Gasteiger charge is 2.06. The van der Waals surface area contributed by atoms with E-state index in [2.05, 4.69) is 47.5 Å². The molecule has 0 spiro atoms. The fourth-order valence-electron chi connectivity index (χ4n) is 1.99. The molecule has 2 rings (SSSR count). The minimum Gasteiger partial charge on any atom is -0.354 e. The molecule has 0 saturated carbocycles. The average Bonchev–Trinajstić information content (AvgIpc) is 2.98. The molecule has 1 unspecified atom stereocenters. The fraction of sp³-hybridized carbons (Fsp3) is 0.429. The molecule has 0 aromatic carbocycles. The van der Waals surface area contributed by atoms with Crippen molar-refractivity contribution in [1.29, 1.82) is 0 Å². The third kappa shape index (κ3) is 3.45. The van der Waals surface area contributed by atoms with Gasteiger partial charge < -0.3 is 10.3 Å². The maximum absolute atomic E-state index is 6.10. The van der Waals surface area contributed by atoms with Crippen LogP contribution in [-0.4, -0.2) is 4.57 Å². The van der Waals surface area contributed by atoms with Gasteiger partial charge in [-0.2, -0.15) is 0 Å². The van der Waals surface area contributed by atoms with E-state index in [1.165, 1.54) is 10.4 Å². The van der Waals surface area contributed by atoms with Crippen LogP contribution in [0.3, 0.4) is 0 Å². The van der Waals surface area contributed by atoms with Crippen LogP contribution in [-0.2, 0) is 13.0 Å². The first-order chi connectivity index (χ1) is 8.29. The van der Waals surface area contributed by atoms with E-state index in [1.807, 2.05) is 11.3 Å². The van der Waals surface area contributed by atoms with Gasteiger partial charge in [0.1, 0.15) is 0 Å². The van der Waals surface area contributed by atoms with Gasteiger partial charge in [0.2, 0.25) is 0 Å². The van der Waals surface area contributed by atoms with Crippen LogP contribution in [0, 0.1) is 0 Å². The molecule has 2 aromatic heterocycles. The summed E-state index contributed by atoms with van der Waals surface area (Å²) in [5, 5.41) is 2.13. The number of aromatic nitrogens is 1. The van der Waals surface area contributed by atoms with Crippen molar-refractivity contribution in [1.82, 2.24) is 4.57 Å². The SMILES string of the molecule is CCCC(N)c1ccn(CCc2cccs2)c1. The molecule has 17 heavy (non-hydrogen) atoms. The largest absolute Gasteiger partial charge is 0.354 e. The summed E-state index contributed by atoms with van der Waals surface area (Å²) in [7, 11) is 0. The molecule has 0 fully saturated rings. The van der Waals surface area contributed by atoms with Gasteiger partial charge in [-0.05, 0) is 35.9 Å². The summed E-state index contributed by atoms with van der Waals surface area (Å²) in [6.45, 7) is 3.22. The molecule has 2 heterocycles. The molecule has 0 radical (unpaired) electrons. The second kappa shape index (κ2) is 6.03. The van der Waals surface area contributed by atoms with Crippen LogP contribution in [0.25, 0.3) is 0 Å². The summed E-state index contributed by atoms with van der Waals surface area (Å²) >= 11 is 1.83. The van der Waals surface area contributed by atoms with E-state index in [0.717, 1.165) is 25.8 Å². The van der Waals surface area contributed by atoms with Crippen LogP contribution in [0.5, 0.6) is 0 Å². The van der Waals surface area contributed by atoms with Crippen molar-refractivity contribution in [3.8, 4) is 0 Å². The van der Waals surface area contributed by atoms with E-state index in [1.54, 1.807) is 0 Å².